The molecule has 0 aliphatic carbocycles. The summed E-state index contributed by atoms with van der Waals surface area (Å²) in [4.78, 5) is 0. The minimum absolute atomic E-state index is 0.716. The molecule has 4 heterocycles. The molecule has 0 atom stereocenters. The smallest absolute Gasteiger partial charge is 0.120 e. The molecular formula is C39H41ClN4O. The van der Waals surface area contributed by atoms with E-state index in [9.17, 15) is 0 Å². The molecule has 0 saturated carbocycles. The Balaban J connectivity index is 0.000000145. The first-order chi connectivity index (χ1) is 22.0. The molecule has 0 bridgehead atoms. The normalized spacial score (nSPS) is 14.7. The quantitative estimate of drug-likeness (QED) is 0.211. The van der Waals surface area contributed by atoms with Gasteiger partial charge in [-0.15, -0.1) is 0 Å². The number of nitrogens with one attached hydrogen (secondary N) is 2. The molecule has 2 aliphatic rings. The van der Waals surface area contributed by atoms with Gasteiger partial charge in [-0.1, -0.05) is 59.6 Å². The first-order valence-electron chi connectivity index (χ1n) is 16.1. The van der Waals surface area contributed by atoms with Gasteiger partial charge in [0.05, 0.1) is 12.1 Å². The topological polar surface area (TPSA) is 43.1 Å². The van der Waals surface area contributed by atoms with Crippen molar-refractivity contribution in [3.8, 4) is 28.0 Å². The largest absolute Gasteiger partial charge is 0.497 e. The Labute approximate surface area is 270 Å². The Bertz CT molecular complexity index is 2000. The van der Waals surface area contributed by atoms with E-state index in [1.165, 1.54) is 55.4 Å². The number of hydrogen-bond donors (Lipinski definition) is 2. The first-order valence-corrected chi connectivity index (χ1v) is 16.4. The van der Waals surface area contributed by atoms with Crippen molar-refractivity contribution >= 4 is 33.4 Å². The first kappa shape index (κ1) is 29.7. The fraction of sp³-hybridized carbons (Fsp3) is 0.282. The van der Waals surface area contributed by atoms with E-state index in [4.69, 9.17) is 16.3 Å². The lowest BCUT2D eigenvalue weighted by Crippen LogP contribution is -2.17. The maximum absolute atomic E-state index is 6.44. The van der Waals surface area contributed by atoms with Crippen molar-refractivity contribution in [1.82, 2.24) is 19.8 Å². The zero-order valence-corrected chi connectivity index (χ0v) is 27.2. The van der Waals surface area contributed by atoms with Crippen LogP contribution in [0.3, 0.4) is 0 Å². The third kappa shape index (κ3) is 6.00. The summed E-state index contributed by atoms with van der Waals surface area (Å²) in [5.74, 6) is 0.780. The van der Waals surface area contributed by atoms with Gasteiger partial charge in [-0.25, -0.2) is 0 Å². The van der Waals surface area contributed by atoms with E-state index in [1.54, 1.807) is 7.11 Å². The zero-order chi connectivity index (χ0) is 30.9. The lowest BCUT2D eigenvalue weighted by atomic mass is 9.98. The maximum Gasteiger partial charge on any atom is 0.120 e. The number of aromatic nitrogens is 2. The number of halogens is 1. The molecule has 0 saturated heterocycles. The van der Waals surface area contributed by atoms with Gasteiger partial charge in [0.15, 0.2) is 0 Å². The fourth-order valence-corrected chi connectivity index (χ4v) is 7.24. The molecule has 2 N–H and O–H groups in total. The van der Waals surface area contributed by atoms with Gasteiger partial charge in [0.2, 0.25) is 0 Å². The van der Waals surface area contributed by atoms with Gasteiger partial charge in [-0.2, -0.15) is 0 Å². The van der Waals surface area contributed by atoms with Crippen LogP contribution in [0, 0.1) is 13.8 Å². The summed E-state index contributed by atoms with van der Waals surface area (Å²) in [5.41, 5.74) is 13.0. The Morgan fingerprint density at radius 1 is 0.622 bits per heavy atom. The summed E-state index contributed by atoms with van der Waals surface area (Å²) < 4.78 is 10.2. The molecule has 4 aromatic carbocycles. The monoisotopic (exact) mass is 616 g/mol. The van der Waals surface area contributed by atoms with Crippen LogP contribution < -0.4 is 15.4 Å². The molecule has 0 fully saturated rings. The number of nitrogens with zero attached hydrogens (tertiary/aromatic N) is 2. The van der Waals surface area contributed by atoms with E-state index in [0.29, 0.717) is 5.02 Å². The van der Waals surface area contributed by atoms with Crippen molar-refractivity contribution < 1.29 is 4.74 Å². The van der Waals surface area contributed by atoms with Gasteiger partial charge < -0.3 is 24.5 Å². The third-order valence-corrected chi connectivity index (χ3v) is 9.61. The molecule has 45 heavy (non-hydrogen) atoms. The number of ether oxygens (including phenoxy) is 1. The molecule has 6 aromatic rings. The van der Waals surface area contributed by atoms with Crippen LogP contribution in [0.25, 0.3) is 44.1 Å². The van der Waals surface area contributed by atoms with Crippen LogP contribution in [-0.4, -0.2) is 42.4 Å². The van der Waals surface area contributed by atoms with Crippen molar-refractivity contribution in [2.45, 2.75) is 39.8 Å². The van der Waals surface area contributed by atoms with Crippen LogP contribution >= 0.6 is 11.6 Å². The van der Waals surface area contributed by atoms with Crippen molar-refractivity contribution in [2.75, 3.05) is 33.3 Å². The third-order valence-electron chi connectivity index (χ3n) is 9.30. The van der Waals surface area contributed by atoms with E-state index < -0.39 is 0 Å². The molecule has 6 heteroatoms. The fourth-order valence-electron chi connectivity index (χ4n) is 6.96. The SMILES string of the molecule is COc1ccc(-c2ccc3cc4n(c3c2)CCNCC4)c(Cl)c1.Cc1ccc(-c2ccc3cc4n(c3c2)CCNCC4)c(C)c1. The van der Waals surface area contributed by atoms with E-state index in [0.717, 1.165) is 69.0 Å². The summed E-state index contributed by atoms with van der Waals surface area (Å²) in [7, 11) is 1.65. The highest BCUT2D eigenvalue weighted by atomic mass is 35.5. The highest BCUT2D eigenvalue weighted by Gasteiger charge is 2.15. The van der Waals surface area contributed by atoms with Crippen LogP contribution in [-0.2, 0) is 25.9 Å². The van der Waals surface area contributed by atoms with Crippen LogP contribution in [0.15, 0.2) is 84.9 Å². The second-order valence-corrected chi connectivity index (χ2v) is 12.7. The molecule has 230 valence electrons. The summed E-state index contributed by atoms with van der Waals surface area (Å²) in [5, 5.41) is 10.3. The van der Waals surface area contributed by atoms with Crippen LogP contribution in [0.2, 0.25) is 5.02 Å². The van der Waals surface area contributed by atoms with E-state index in [-0.39, 0.29) is 0 Å². The summed E-state index contributed by atoms with van der Waals surface area (Å²) >= 11 is 6.44. The van der Waals surface area contributed by atoms with E-state index in [1.807, 2.05) is 18.2 Å². The van der Waals surface area contributed by atoms with Crippen molar-refractivity contribution in [2.24, 2.45) is 0 Å². The number of benzene rings is 4. The van der Waals surface area contributed by atoms with Crippen molar-refractivity contribution in [3.63, 3.8) is 0 Å². The predicted molar refractivity (Wildman–Crippen MR) is 189 cm³/mol. The Morgan fingerprint density at radius 3 is 1.76 bits per heavy atom. The number of rotatable bonds is 3. The second-order valence-electron chi connectivity index (χ2n) is 12.3. The lowest BCUT2D eigenvalue weighted by Gasteiger charge is -2.10. The van der Waals surface area contributed by atoms with E-state index >= 15 is 0 Å². The minimum Gasteiger partial charge on any atom is -0.497 e. The average Bonchev–Trinajstić information content (AvgIpc) is 3.33. The molecule has 0 unspecified atom stereocenters. The van der Waals surface area contributed by atoms with Gasteiger partial charge in [0.25, 0.3) is 0 Å². The zero-order valence-electron chi connectivity index (χ0n) is 26.4. The van der Waals surface area contributed by atoms with Crippen molar-refractivity contribution in [1.29, 1.82) is 0 Å². The molecule has 0 radical (unpaired) electrons. The number of fused-ring (bicyclic) bond motifs is 6. The minimum atomic E-state index is 0.716. The predicted octanol–water partition coefficient (Wildman–Crippen LogP) is 8.19. The van der Waals surface area contributed by atoms with Gasteiger partial charge >= 0.3 is 0 Å². The molecule has 5 nitrogen and oxygen atoms in total. The number of aryl methyl sites for hydroxylation is 2. The Morgan fingerprint density at radius 2 is 1.20 bits per heavy atom. The number of methoxy groups -OCH3 is 1. The van der Waals surface area contributed by atoms with Crippen LogP contribution in [0.5, 0.6) is 5.75 Å². The van der Waals surface area contributed by atoms with Crippen LogP contribution in [0.4, 0.5) is 0 Å². The van der Waals surface area contributed by atoms with Gasteiger partial charge in [-0.05, 0) is 89.3 Å². The summed E-state index contributed by atoms with van der Waals surface area (Å²) in [6, 6.07) is 30.7. The van der Waals surface area contributed by atoms with Gasteiger partial charge in [0.1, 0.15) is 5.75 Å². The van der Waals surface area contributed by atoms with Crippen LogP contribution in [0.1, 0.15) is 22.5 Å². The molecule has 0 spiro atoms. The average molecular weight is 617 g/mol. The van der Waals surface area contributed by atoms with Gasteiger partial charge in [-0.3, -0.25) is 0 Å². The highest BCUT2D eigenvalue weighted by molar-refractivity contribution is 6.33. The Hall–Kier alpha value is -4.03. The summed E-state index contributed by atoms with van der Waals surface area (Å²) in [6.45, 7) is 10.6. The summed E-state index contributed by atoms with van der Waals surface area (Å²) in [6.07, 6.45) is 2.20. The molecule has 8 rings (SSSR count). The number of hydrogen-bond acceptors (Lipinski definition) is 3. The molecular weight excluding hydrogens is 576 g/mol. The van der Waals surface area contributed by atoms with Crippen molar-refractivity contribution in [3.05, 3.63) is 112 Å². The standard InChI is InChI=1S/C20H22N2.C19H19ClN2O/c1-14-3-6-19(15(2)11-14)16-4-5-17-12-18-7-8-21-9-10-22(18)20(17)13-16;1-23-16-4-5-17(18(20)12-16)13-2-3-14-10-15-6-7-21-8-9-22(15)19(14)11-13/h3-6,11-13,21H,7-10H2,1-2H3;2-5,10-12,21H,6-9H2,1H3. The molecule has 2 aromatic heterocycles. The lowest BCUT2D eigenvalue weighted by molar-refractivity contribution is 0.415. The second kappa shape index (κ2) is 12.8. The molecule has 0 amide bonds. The van der Waals surface area contributed by atoms with Gasteiger partial charge in [0, 0.05) is 80.1 Å². The highest BCUT2D eigenvalue weighted by Crippen LogP contribution is 2.34. The Kier molecular flexibility index (Phi) is 8.41. The molecule has 2 aliphatic heterocycles. The maximum atomic E-state index is 6.44. The van der Waals surface area contributed by atoms with E-state index in [2.05, 4.69) is 100 Å².